The zero-order valence-corrected chi connectivity index (χ0v) is 12.8. The fourth-order valence-corrected chi connectivity index (χ4v) is 2.12. The molecule has 0 aromatic carbocycles. The van der Waals surface area contributed by atoms with Crippen molar-refractivity contribution in [1.82, 2.24) is 15.0 Å². The number of aromatic nitrogens is 2. The highest BCUT2D eigenvalue weighted by molar-refractivity contribution is 5.93. The molecule has 2 heterocycles. The van der Waals surface area contributed by atoms with E-state index in [2.05, 4.69) is 9.97 Å². The Morgan fingerprint density at radius 1 is 1.33 bits per heavy atom. The molecule has 1 saturated heterocycles. The average Bonchev–Trinajstić information content (AvgIpc) is 2.69. The van der Waals surface area contributed by atoms with E-state index in [0.29, 0.717) is 11.5 Å². The summed E-state index contributed by atoms with van der Waals surface area (Å²) in [5.41, 5.74) is -0.0173. The molecule has 1 N–H and O–H groups in total. The van der Waals surface area contributed by atoms with Crippen molar-refractivity contribution in [2.75, 3.05) is 19.1 Å². The SMILES string of the molecule is CON1C(=O)N(c2cc(C(C)(C)OC)ncn2)C(O)C1C. The highest BCUT2D eigenvalue weighted by atomic mass is 16.7. The second-order valence-electron chi connectivity index (χ2n) is 5.29. The first-order chi connectivity index (χ1) is 9.83. The summed E-state index contributed by atoms with van der Waals surface area (Å²) >= 11 is 0. The Morgan fingerprint density at radius 3 is 2.52 bits per heavy atom. The van der Waals surface area contributed by atoms with Crippen LogP contribution in [0.2, 0.25) is 0 Å². The van der Waals surface area contributed by atoms with Gasteiger partial charge in [0.1, 0.15) is 23.8 Å². The molecule has 2 atom stereocenters. The lowest BCUT2D eigenvalue weighted by Crippen LogP contribution is -2.36. The summed E-state index contributed by atoms with van der Waals surface area (Å²) < 4.78 is 5.37. The maximum absolute atomic E-state index is 12.3. The van der Waals surface area contributed by atoms with Crippen LogP contribution in [0.15, 0.2) is 12.4 Å². The van der Waals surface area contributed by atoms with Crippen LogP contribution in [0.4, 0.5) is 10.6 Å². The molecule has 0 spiro atoms. The zero-order valence-electron chi connectivity index (χ0n) is 12.8. The van der Waals surface area contributed by atoms with Gasteiger partial charge in [-0.2, -0.15) is 5.06 Å². The molecule has 0 bridgehead atoms. The second-order valence-corrected chi connectivity index (χ2v) is 5.29. The number of hydrogen-bond acceptors (Lipinski definition) is 6. The van der Waals surface area contributed by atoms with Gasteiger partial charge in [0.2, 0.25) is 0 Å². The van der Waals surface area contributed by atoms with E-state index in [1.54, 1.807) is 20.1 Å². The minimum Gasteiger partial charge on any atom is -0.373 e. The van der Waals surface area contributed by atoms with Crippen molar-refractivity contribution in [2.24, 2.45) is 0 Å². The van der Waals surface area contributed by atoms with Crippen molar-refractivity contribution in [3.8, 4) is 0 Å². The second kappa shape index (κ2) is 5.55. The quantitative estimate of drug-likeness (QED) is 0.887. The van der Waals surface area contributed by atoms with E-state index in [-0.39, 0.29) is 0 Å². The monoisotopic (exact) mass is 296 g/mol. The Hall–Kier alpha value is -1.77. The Morgan fingerprint density at radius 2 is 2.00 bits per heavy atom. The standard InChI is InChI=1S/C13H20N4O4/c1-8-11(18)16(12(19)17(8)21-5)10-6-9(14-7-15-10)13(2,3)20-4/h6-8,11,18H,1-5H3. The Balaban J connectivity index is 2.39. The lowest BCUT2D eigenvalue weighted by molar-refractivity contribution is -0.111. The predicted molar refractivity (Wildman–Crippen MR) is 74.3 cm³/mol. The molecule has 2 rings (SSSR count). The lowest BCUT2D eigenvalue weighted by Gasteiger charge is -2.24. The van der Waals surface area contributed by atoms with Crippen LogP contribution in [0.5, 0.6) is 0 Å². The number of rotatable bonds is 4. The molecule has 0 saturated carbocycles. The van der Waals surface area contributed by atoms with Crippen LogP contribution in [0.1, 0.15) is 26.5 Å². The molecular weight excluding hydrogens is 276 g/mol. The fourth-order valence-electron chi connectivity index (χ4n) is 2.12. The molecular formula is C13H20N4O4. The zero-order chi connectivity index (χ0) is 15.8. The van der Waals surface area contributed by atoms with E-state index in [1.165, 1.54) is 18.3 Å². The third-order valence-electron chi connectivity index (χ3n) is 3.68. The van der Waals surface area contributed by atoms with Crippen LogP contribution in [0.3, 0.4) is 0 Å². The maximum atomic E-state index is 12.3. The van der Waals surface area contributed by atoms with Crippen molar-refractivity contribution >= 4 is 11.8 Å². The number of carbonyl (C=O) groups is 1. The van der Waals surface area contributed by atoms with Crippen LogP contribution in [-0.4, -0.2) is 52.7 Å². The third-order valence-corrected chi connectivity index (χ3v) is 3.68. The topological polar surface area (TPSA) is 88.0 Å². The van der Waals surface area contributed by atoms with Crippen molar-refractivity contribution < 1.29 is 19.5 Å². The Bertz CT molecular complexity index is 537. The van der Waals surface area contributed by atoms with Gasteiger partial charge >= 0.3 is 6.03 Å². The molecule has 1 aromatic heterocycles. The smallest absolute Gasteiger partial charge is 0.352 e. The number of urea groups is 1. The van der Waals surface area contributed by atoms with E-state index in [4.69, 9.17) is 9.57 Å². The van der Waals surface area contributed by atoms with Gasteiger partial charge in [-0.15, -0.1) is 0 Å². The summed E-state index contributed by atoms with van der Waals surface area (Å²) in [6.07, 6.45) is 0.289. The Kier molecular flexibility index (Phi) is 4.13. The molecule has 1 aromatic rings. The van der Waals surface area contributed by atoms with Gasteiger partial charge in [0.25, 0.3) is 0 Å². The molecule has 1 fully saturated rings. The van der Waals surface area contributed by atoms with E-state index in [1.807, 2.05) is 13.8 Å². The van der Waals surface area contributed by atoms with Gasteiger partial charge in [-0.1, -0.05) is 0 Å². The van der Waals surface area contributed by atoms with Gasteiger partial charge in [-0.25, -0.2) is 19.7 Å². The van der Waals surface area contributed by atoms with Gasteiger partial charge in [0.05, 0.1) is 12.8 Å². The number of hydroxylamine groups is 2. The molecule has 2 amide bonds. The summed E-state index contributed by atoms with van der Waals surface area (Å²) in [5.74, 6) is 0.300. The number of amides is 2. The Labute approximate surface area is 123 Å². The first-order valence-corrected chi connectivity index (χ1v) is 6.55. The number of aliphatic hydroxyl groups is 1. The first kappa shape index (κ1) is 15.6. The maximum Gasteiger partial charge on any atom is 0.352 e. The summed E-state index contributed by atoms with van der Waals surface area (Å²) in [4.78, 5) is 26.7. The summed E-state index contributed by atoms with van der Waals surface area (Å²) in [6, 6.07) is 0.643. The van der Waals surface area contributed by atoms with Crippen molar-refractivity contribution in [3.63, 3.8) is 0 Å². The van der Waals surface area contributed by atoms with Crippen molar-refractivity contribution in [1.29, 1.82) is 0 Å². The first-order valence-electron chi connectivity index (χ1n) is 6.55. The summed E-state index contributed by atoms with van der Waals surface area (Å²) in [7, 11) is 2.95. The molecule has 1 aliphatic rings. The molecule has 8 nitrogen and oxygen atoms in total. The molecule has 21 heavy (non-hydrogen) atoms. The van der Waals surface area contributed by atoms with Gasteiger partial charge < -0.3 is 9.84 Å². The van der Waals surface area contributed by atoms with Crippen molar-refractivity contribution in [3.05, 3.63) is 18.1 Å². The number of nitrogens with zero attached hydrogens (tertiary/aromatic N) is 4. The molecule has 8 heteroatoms. The van der Waals surface area contributed by atoms with Gasteiger partial charge in [0.15, 0.2) is 6.23 Å². The molecule has 1 aliphatic heterocycles. The molecule has 2 unspecified atom stereocenters. The van der Waals surface area contributed by atoms with E-state index in [9.17, 15) is 9.90 Å². The van der Waals surface area contributed by atoms with Crippen molar-refractivity contribution in [2.45, 2.75) is 38.6 Å². The molecule has 0 aliphatic carbocycles. The normalized spacial score (nSPS) is 23.0. The highest BCUT2D eigenvalue weighted by Gasteiger charge is 2.45. The van der Waals surface area contributed by atoms with Gasteiger partial charge in [0, 0.05) is 13.2 Å². The number of methoxy groups -OCH3 is 1. The van der Waals surface area contributed by atoms with Gasteiger partial charge in [-0.05, 0) is 20.8 Å². The van der Waals surface area contributed by atoms with Crippen LogP contribution in [-0.2, 0) is 15.2 Å². The summed E-state index contributed by atoms with van der Waals surface area (Å²) in [5, 5.41) is 11.3. The lowest BCUT2D eigenvalue weighted by atomic mass is 10.0. The summed E-state index contributed by atoms with van der Waals surface area (Å²) in [6.45, 7) is 5.39. The number of aliphatic hydroxyl groups excluding tert-OH is 1. The highest BCUT2D eigenvalue weighted by Crippen LogP contribution is 2.29. The minimum atomic E-state index is -1.05. The minimum absolute atomic E-state index is 0.300. The van der Waals surface area contributed by atoms with Crippen LogP contribution >= 0.6 is 0 Å². The number of anilines is 1. The van der Waals surface area contributed by atoms with E-state index in [0.717, 1.165) is 5.06 Å². The van der Waals surface area contributed by atoms with Crippen LogP contribution in [0, 0.1) is 0 Å². The van der Waals surface area contributed by atoms with E-state index < -0.39 is 23.9 Å². The number of hydrogen-bond donors (Lipinski definition) is 1. The predicted octanol–water partition coefficient (Wildman–Crippen LogP) is 0.868. The molecule has 0 radical (unpaired) electrons. The van der Waals surface area contributed by atoms with Gasteiger partial charge in [-0.3, -0.25) is 4.84 Å². The number of carbonyl (C=O) groups excluding carboxylic acids is 1. The number of ether oxygens (including phenoxy) is 1. The van der Waals surface area contributed by atoms with Crippen LogP contribution < -0.4 is 4.90 Å². The largest absolute Gasteiger partial charge is 0.373 e. The molecule has 116 valence electrons. The third kappa shape index (κ3) is 2.57. The van der Waals surface area contributed by atoms with Crippen LogP contribution in [0.25, 0.3) is 0 Å². The fraction of sp³-hybridized carbons (Fsp3) is 0.615. The average molecular weight is 296 g/mol. The van der Waals surface area contributed by atoms with E-state index >= 15 is 0 Å².